The van der Waals surface area contributed by atoms with Crippen molar-refractivity contribution in [2.24, 2.45) is 11.3 Å². The standard InChI is InChI=1S/C16H30N2O/c1-15(2,3)14-9-18(13-7-8-19-10-13)16(4,11-17-14)12-5-6-12/h12-14,17H,5-11H2,1-4H3. The molecular formula is C16H30N2O. The predicted molar refractivity (Wildman–Crippen MR) is 78.3 cm³/mol. The van der Waals surface area contributed by atoms with Gasteiger partial charge >= 0.3 is 0 Å². The van der Waals surface area contributed by atoms with Crippen molar-refractivity contribution in [3.05, 3.63) is 0 Å². The van der Waals surface area contributed by atoms with Gasteiger partial charge in [-0.25, -0.2) is 0 Å². The van der Waals surface area contributed by atoms with E-state index in [9.17, 15) is 0 Å². The number of ether oxygens (including phenoxy) is 1. The fourth-order valence-electron chi connectivity index (χ4n) is 3.90. The number of hydrogen-bond acceptors (Lipinski definition) is 3. The number of rotatable bonds is 2. The lowest BCUT2D eigenvalue weighted by Gasteiger charge is -2.53. The van der Waals surface area contributed by atoms with Crippen molar-refractivity contribution in [3.63, 3.8) is 0 Å². The Hall–Kier alpha value is -0.120. The second-order valence-electron chi connectivity index (χ2n) is 8.10. The third-order valence-electron chi connectivity index (χ3n) is 5.59. The van der Waals surface area contributed by atoms with Crippen LogP contribution in [0, 0.1) is 11.3 Å². The van der Waals surface area contributed by atoms with Crippen LogP contribution in [0.1, 0.15) is 47.0 Å². The maximum Gasteiger partial charge on any atom is 0.0622 e. The molecule has 19 heavy (non-hydrogen) atoms. The van der Waals surface area contributed by atoms with Crippen molar-refractivity contribution in [2.45, 2.75) is 64.6 Å². The zero-order chi connectivity index (χ0) is 13.7. The van der Waals surface area contributed by atoms with Gasteiger partial charge in [-0.2, -0.15) is 0 Å². The number of piperazine rings is 1. The van der Waals surface area contributed by atoms with Gasteiger partial charge in [0.25, 0.3) is 0 Å². The summed E-state index contributed by atoms with van der Waals surface area (Å²) in [5.74, 6) is 0.904. The summed E-state index contributed by atoms with van der Waals surface area (Å²) in [7, 11) is 0. The molecule has 0 aromatic carbocycles. The average Bonchev–Trinajstić information content (AvgIpc) is 3.06. The minimum absolute atomic E-state index is 0.336. The molecule has 0 radical (unpaired) electrons. The second kappa shape index (κ2) is 4.71. The summed E-state index contributed by atoms with van der Waals surface area (Å²) >= 11 is 0. The van der Waals surface area contributed by atoms with Gasteiger partial charge in [-0.1, -0.05) is 20.8 Å². The Balaban J connectivity index is 1.79. The normalized spacial score (nSPS) is 41.7. The lowest BCUT2D eigenvalue weighted by Crippen LogP contribution is -2.69. The summed E-state index contributed by atoms with van der Waals surface area (Å²) in [6.07, 6.45) is 4.06. The SMILES string of the molecule is CC(C)(C)C1CN(C2CCOC2)C(C)(C2CC2)CN1. The van der Waals surface area contributed by atoms with E-state index in [0.29, 0.717) is 23.0 Å². The van der Waals surface area contributed by atoms with E-state index in [4.69, 9.17) is 4.74 Å². The zero-order valence-corrected chi connectivity index (χ0v) is 13.0. The molecule has 1 saturated carbocycles. The van der Waals surface area contributed by atoms with E-state index in [0.717, 1.165) is 25.7 Å². The Morgan fingerprint density at radius 1 is 1.21 bits per heavy atom. The van der Waals surface area contributed by atoms with Gasteiger partial charge in [0.1, 0.15) is 0 Å². The molecule has 3 aliphatic rings. The molecule has 0 aromatic heterocycles. The van der Waals surface area contributed by atoms with Crippen LogP contribution >= 0.6 is 0 Å². The van der Waals surface area contributed by atoms with Crippen LogP contribution in [0.4, 0.5) is 0 Å². The monoisotopic (exact) mass is 266 g/mol. The van der Waals surface area contributed by atoms with Gasteiger partial charge in [-0.3, -0.25) is 4.90 Å². The first-order valence-electron chi connectivity index (χ1n) is 7.99. The molecule has 2 heterocycles. The van der Waals surface area contributed by atoms with Gasteiger partial charge in [-0.15, -0.1) is 0 Å². The summed E-state index contributed by atoms with van der Waals surface area (Å²) in [6, 6.07) is 1.25. The predicted octanol–water partition coefficient (Wildman–Crippen LogP) is 2.26. The second-order valence-corrected chi connectivity index (χ2v) is 8.10. The third kappa shape index (κ3) is 2.57. The lowest BCUT2D eigenvalue weighted by atomic mass is 9.80. The summed E-state index contributed by atoms with van der Waals surface area (Å²) in [5, 5.41) is 3.84. The third-order valence-corrected chi connectivity index (χ3v) is 5.59. The van der Waals surface area contributed by atoms with Crippen LogP contribution in [-0.4, -0.2) is 48.8 Å². The fraction of sp³-hybridized carbons (Fsp3) is 1.00. The quantitative estimate of drug-likeness (QED) is 0.830. The summed E-state index contributed by atoms with van der Waals surface area (Å²) < 4.78 is 5.66. The van der Waals surface area contributed by atoms with E-state index in [-0.39, 0.29) is 0 Å². The van der Waals surface area contributed by atoms with Crippen LogP contribution in [0.3, 0.4) is 0 Å². The molecule has 3 fully saturated rings. The van der Waals surface area contributed by atoms with Gasteiger partial charge < -0.3 is 10.1 Å². The molecule has 0 aromatic rings. The molecule has 0 amide bonds. The first-order valence-corrected chi connectivity index (χ1v) is 7.99. The van der Waals surface area contributed by atoms with Gasteiger partial charge in [0.05, 0.1) is 6.61 Å². The molecule has 2 aliphatic heterocycles. The average molecular weight is 266 g/mol. The molecule has 3 unspecified atom stereocenters. The zero-order valence-electron chi connectivity index (χ0n) is 13.0. The Morgan fingerprint density at radius 2 is 1.95 bits per heavy atom. The molecule has 0 bridgehead atoms. The van der Waals surface area contributed by atoms with Crippen LogP contribution in [-0.2, 0) is 4.74 Å². The Morgan fingerprint density at radius 3 is 2.47 bits per heavy atom. The van der Waals surface area contributed by atoms with Crippen LogP contribution in [0.15, 0.2) is 0 Å². The molecule has 3 nitrogen and oxygen atoms in total. The van der Waals surface area contributed by atoms with Crippen molar-refractivity contribution in [3.8, 4) is 0 Å². The minimum atomic E-state index is 0.336. The van der Waals surface area contributed by atoms with Crippen molar-refractivity contribution < 1.29 is 4.74 Å². The molecular weight excluding hydrogens is 236 g/mol. The minimum Gasteiger partial charge on any atom is -0.380 e. The van der Waals surface area contributed by atoms with E-state index in [1.807, 2.05) is 0 Å². The number of nitrogens with zero attached hydrogens (tertiary/aromatic N) is 1. The largest absolute Gasteiger partial charge is 0.380 e. The summed E-state index contributed by atoms with van der Waals surface area (Å²) in [5.41, 5.74) is 0.697. The Labute approximate surface area is 118 Å². The van der Waals surface area contributed by atoms with Gasteiger partial charge in [0.15, 0.2) is 0 Å². The first kappa shape index (κ1) is 13.8. The summed E-state index contributed by atoms with van der Waals surface area (Å²) in [4.78, 5) is 2.81. The smallest absolute Gasteiger partial charge is 0.0622 e. The molecule has 2 saturated heterocycles. The summed E-state index contributed by atoms with van der Waals surface area (Å²) in [6.45, 7) is 13.8. The highest BCUT2D eigenvalue weighted by Gasteiger charge is 2.51. The van der Waals surface area contributed by atoms with Crippen LogP contribution in [0.5, 0.6) is 0 Å². The molecule has 3 heteroatoms. The first-order chi connectivity index (χ1) is 8.91. The van der Waals surface area contributed by atoms with Crippen molar-refractivity contribution in [1.82, 2.24) is 10.2 Å². The maximum absolute atomic E-state index is 5.66. The Kier molecular flexibility index (Phi) is 3.43. The van der Waals surface area contributed by atoms with E-state index in [1.165, 1.54) is 25.8 Å². The van der Waals surface area contributed by atoms with Gasteiger partial charge in [0.2, 0.25) is 0 Å². The van der Waals surface area contributed by atoms with E-state index < -0.39 is 0 Å². The van der Waals surface area contributed by atoms with Crippen molar-refractivity contribution in [1.29, 1.82) is 0 Å². The molecule has 0 spiro atoms. The lowest BCUT2D eigenvalue weighted by molar-refractivity contribution is -0.0234. The van der Waals surface area contributed by atoms with Crippen LogP contribution in [0.25, 0.3) is 0 Å². The van der Waals surface area contributed by atoms with Crippen molar-refractivity contribution >= 4 is 0 Å². The van der Waals surface area contributed by atoms with E-state index in [2.05, 4.69) is 37.9 Å². The topological polar surface area (TPSA) is 24.5 Å². The maximum atomic E-state index is 5.66. The number of nitrogens with one attached hydrogen (secondary N) is 1. The van der Waals surface area contributed by atoms with Crippen LogP contribution < -0.4 is 5.32 Å². The molecule has 1 aliphatic carbocycles. The highest BCUT2D eigenvalue weighted by Crippen LogP contribution is 2.46. The highest BCUT2D eigenvalue weighted by atomic mass is 16.5. The molecule has 3 atom stereocenters. The highest BCUT2D eigenvalue weighted by molar-refractivity contribution is 5.08. The molecule has 110 valence electrons. The fourth-order valence-corrected chi connectivity index (χ4v) is 3.90. The van der Waals surface area contributed by atoms with Crippen LogP contribution in [0.2, 0.25) is 0 Å². The number of hydrogen-bond donors (Lipinski definition) is 1. The van der Waals surface area contributed by atoms with E-state index >= 15 is 0 Å². The molecule has 1 N–H and O–H groups in total. The van der Waals surface area contributed by atoms with Gasteiger partial charge in [-0.05, 0) is 37.5 Å². The van der Waals surface area contributed by atoms with Crippen molar-refractivity contribution in [2.75, 3.05) is 26.3 Å². The van der Waals surface area contributed by atoms with E-state index in [1.54, 1.807) is 0 Å². The Bertz CT molecular complexity index is 328. The van der Waals surface area contributed by atoms with Gasteiger partial charge in [0, 0.05) is 37.3 Å². The molecule has 3 rings (SSSR count).